The van der Waals surface area contributed by atoms with E-state index in [2.05, 4.69) is 21.2 Å². The van der Waals surface area contributed by atoms with Gasteiger partial charge in [0.15, 0.2) is 0 Å². The molecule has 2 rings (SSSR count). The zero-order valence-electron chi connectivity index (χ0n) is 10.5. The minimum absolute atomic E-state index is 0.0754. The average Bonchev–Trinajstić information content (AvgIpc) is 2.41. The van der Waals surface area contributed by atoms with Crippen molar-refractivity contribution in [2.75, 3.05) is 11.1 Å². The minimum Gasteiger partial charge on any atom is -0.399 e. The van der Waals surface area contributed by atoms with E-state index in [0.717, 1.165) is 12.1 Å². The number of carbonyl (C=O) groups is 1. The number of nitrogen functional groups attached to an aromatic ring is 1. The molecule has 0 heterocycles. The smallest absolute Gasteiger partial charge is 0.399 e. The first-order valence-corrected chi connectivity index (χ1v) is 6.60. The van der Waals surface area contributed by atoms with E-state index in [1.165, 1.54) is 12.1 Å². The van der Waals surface area contributed by atoms with Gasteiger partial charge in [-0.15, -0.1) is 0 Å². The summed E-state index contributed by atoms with van der Waals surface area (Å²) in [6.07, 6.45) is -4.49. The molecular weight excluding hydrogens is 349 g/mol. The first-order chi connectivity index (χ1) is 9.77. The monoisotopic (exact) mass is 358 g/mol. The van der Waals surface area contributed by atoms with Crippen molar-refractivity contribution in [3.8, 4) is 0 Å². The molecule has 0 aliphatic carbocycles. The van der Waals surface area contributed by atoms with Crippen molar-refractivity contribution < 1.29 is 18.0 Å². The van der Waals surface area contributed by atoms with E-state index in [9.17, 15) is 18.0 Å². The molecule has 0 saturated carbocycles. The number of benzene rings is 2. The van der Waals surface area contributed by atoms with Gasteiger partial charge in [0.05, 0.1) is 11.3 Å². The number of carbonyl (C=O) groups excluding carboxylic acids is 1. The Morgan fingerprint density at radius 3 is 2.48 bits per heavy atom. The summed E-state index contributed by atoms with van der Waals surface area (Å²) in [5, 5.41) is 2.52. The number of anilines is 2. The van der Waals surface area contributed by atoms with Gasteiger partial charge in [0.2, 0.25) is 0 Å². The van der Waals surface area contributed by atoms with Gasteiger partial charge in [0, 0.05) is 15.7 Å². The van der Waals surface area contributed by atoms with Crippen LogP contribution in [0.4, 0.5) is 24.5 Å². The molecule has 2 aromatic rings. The van der Waals surface area contributed by atoms with Crippen molar-refractivity contribution in [2.45, 2.75) is 6.18 Å². The lowest BCUT2D eigenvalue weighted by Crippen LogP contribution is -2.14. The summed E-state index contributed by atoms with van der Waals surface area (Å²) in [6, 6.07) is 8.95. The molecule has 0 aliphatic heterocycles. The Balaban J connectivity index is 2.25. The number of alkyl halides is 3. The third-order valence-electron chi connectivity index (χ3n) is 2.69. The van der Waals surface area contributed by atoms with Gasteiger partial charge < -0.3 is 11.1 Å². The maximum atomic E-state index is 12.6. The van der Waals surface area contributed by atoms with Crippen molar-refractivity contribution in [1.29, 1.82) is 0 Å². The van der Waals surface area contributed by atoms with Gasteiger partial charge in [-0.05, 0) is 52.3 Å². The van der Waals surface area contributed by atoms with Crippen LogP contribution in [0.3, 0.4) is 0 Å². The molecule has 0 radical (unpaired) electrons. The lowest BCUT2D eigenvalue weighted by atomic mass is 10.1. The molecule has 0 fully saturated rings. The number of amides is 1. The Kier molecular flexibility index (Phi) is 4.22. The fourth-order valence-electron chi connectivity index (χ4n) is 1.66. The van der Waals surface area contributed by atoms with Gasteiger partial charge in [-0.2, -0.15) is 13.2 Å². The predicted molar refractivity (Wildman–Crippen MR) is 78.0 cm³/mol. The molecule has 0 spiro atoms. The fourth-order valence-corrected chi connectivity index (χ4v) is 2.16. The van der Waals surface area contributed by atoms with E-state index in [-0.39, 0.29) is 5.56 Å². The highest BCUT2D eigenvalue weighted by Crippen LogP contribution is 2.30. The number of hydrogen-bond donors (Lipinski definition) is 2. The van der Waals surface area contributed by atoms with Gasteiger partial charge in [-0.1, -0.05) is 6.07 Å². The Hall–Kier alpha value is -2.02. The molecule has 0 saturated heterocycles. The van der Waals surface area contributed by atoms with Gasteiger partial charge in [-0.25, -0.2) is 0 Å². The molecule has 3 N–H and O–H groups in total. The van der Waals surface area contributed by atoms with E-state index < -0.39 is 17.6 Å². The normalized spacial score (nSPS) is 11.2. The third kappa shape index (κ3) is 3.75. The molecule has 0 bridgehead atoms. The maximum absolute atomic E-state index is 12.6. The fraction of sp³-hybridized carbons (Fsp3) is 0.0714. The van der Waals surface area contributed by atoms with Crippen LogP contribution in [0.5, 0.6) is 0 Å². The molecule has 0 unspecified atom stereocenters. The number of nitrogens with one attached hydrogen (secondary N) is 1. The Labute approximate surface area is 127 Å². The van der Waals surface area contributed by atoms with Crippen LogP contribution in [0.15, 0.2) is 46.9 Å². The van der Waals surface area contributed by atoms with Crippen molar-refractivity contribution in [2.24, 2.45) is 0 Å². The first-order valence-electron chi connectivity index (χ1n) is 5.81. The van der Waals surface area contributed by atoms with E-state index in [1.54, 1.807) is 18.2 Å². The zero-order chi connectivity index (χ0) is 15.6. The van der Waals surface area contributed by atoms with Gasteiger partial charge in [0.25, 0.3) is 5.91 Å². The molecule has 0 aromatic heterocycles. The van der Waals surface area contributed by atoms with Gasteiger partial charge in [-0.3, -0.25) is 4.79 Å². The Morgan fingerprint density at radius 1 is 1.14 bits per heavy atom. The average molecular weight is 359 g/mol. The van der Waals surface area contributed by atoms with Crippen LogP contribution >= 0.6 is 15.9 Å². The summed E-state index contributed by atoms with van der Waals surface area (Å²) in [7, 11) is 0. The van der Waals surface area contributed by atoms with E-state index >= 15 is 0 Å². The van der Waals surface area contributed by atoms with Crippen molar-refractivity contribution in [3.05, 3.63) is 58.1 Å². The molecule has 110 valence electrons. The van der Waals surface area contributed by atoms with Crippen molar-refractivity contribution in [3.63, 3.8) is 0 Å². The lowest BCUT2D eigenvalue weighted by Gasteiger charge is -2.10. The van der Waals surface area contributed by atoms with Crippen LogP contribution in [0.2, 0.25) is 0 Å². The quantitative estimate of drug-likeness (QED) is 0.786. The predicted octanol–water partition coefficient (Wildman–Crippen LogP) is 4.30. The first kappa shape index (κ1) is 15.4. The largest absolute Gasteiger partial charge is 0.416 e. The number of halogens is 4. The van der Waals surface area contributed by atoms with Crippen LogP contribution in [0.25, 0.3) is 0 Å². The summed E-state index contributed by atoms with van der Waals surface area (Å²) < 4.78 is 38.4. The van der Waals surface area contributed by atoms with E-state index in [1.807, 2.05) is 0 Å². The van der Waals surface area contributed by atoms with Crippen LogP contribution in [-0.4, -0.2) is 5.91 Å². The van der Waals surface area contributed by atoms with Crippen LogP contribution in [0, 0.1) is 0 Å². The molecule has 0 aliphatic rings. The second-order valence-electron chi connectivity index (χ2n) is 4.27. The molecule has 0 atom stereocenters. The van der Waals surface area contributed by atoms with Crippen LogP contribution < -0.4 is 11.1 Å². The standard InChI is InChI=1S/C14H10BrF3N2O/c15-11-7-10(19)4-5-12(11)20-13(21)8-2-1-3-9(6-8)14(16,17)18/h1-7H,19H2,(H,20,21). The Bertz CT molecular complexity index is 686. The SMILES string of the molecule is Nc1ccc(NC(=O)c2cccc(C(F)(F)F)c2)c(Br)c1. The summed E-state index contributed by atoms with van der Waals surface area (Å²) in [5.74, 6) is -0.633. The summed E-state index contributed by atoms with van der Waals surface area (Å²) in [4.78, 5) is 12.0. The topological polar surface area (TPSA) is 55.1 Å². The van der Waals surface area contributed by atoms with Gasteiger partial charge >= 0.3 is 6.18 Å². The number of nitrogens with two attached hydrogens (primary N) is 1. The summed E-state index contributed by atoms with van der Waals surface area (Å²) in [6.45, 7) is 0. The second kappa shape index (κ2) is 5.77. The van der Waals surface area contributed by atoms with Crippen LogP contribution in [-0.2, 0) is 6.18 Å². The van der Waals surface area contributed by atoms with E-state index in [0.29, 0.717) is 15.8 Å². The van der Waals surface area contributed by atoms with E-state index in [4.69, 9.17) is 5.73 Å². The van der Waals surface area contributed by atoms with Crippen molar-refractivity contribution in [1.82, 2.24) is 0 Å². The molecular formula is C14H10BrF3N2O. The maximum Gasteiger partial charge on any atom is 0.416 e. The number of hydrogen-bond acceptors (Lipinski definition) is 2. The molecule has 1 amide bonds. The molecule has 2 aromatic carbocycles. The summed E-state index contributed by atoms with van der Waals surface area (Å²) >= 11 is 3.22. The van der Waals surface area contributed by atoms with Crippen molar-refractivity contribution >= 4 is 33.2 Å². The third-order valence-corrected chi connectivity index (χ3v) is 3.35. The minimum atomic E-state index is -4.49. The molecule has 3 nitrogen and oxygen atoms in total. The molecule has 21 heavy (non-hydrogen) atoms. The molecule has 7 heteroatoms. The highest BCUT2D eigenvalue weighted by atomic mass is 79.9. The van der Waals surface area contributed by atoms with Gasteiger partial charge in [0.1, 0.15) is 0 Å². The zero-order valence-corrected chi connectivity index (χ0v) is 12.1. The lowest BCUT2D eigenvalue weighted by molar-refractivity contribution is -0.137. The Morgan fingerprint density at radius 2 is 1.86 bits per heavy atom. The highest BCUT2D eigenvalue weighted by Gasteiger charge is 2.30. The highest BCUT2D eigenvalue weighted by molar-refractivity contribution is 9.10. The van der Waals surface area contributed by atoms with Crippen LogP contribution in [0.1, 0.15) is 15.9 Å². The summed E-state index contributed by atoms with van der Waals surface area (Å²) in [5.41, 5.74) is 5.55. The number of rotatable bonds is 2. The second-order valence-corrected chi connectivity index (χ2v) is 5.13.